The number of sulfonamides is 1. The van der Waals surface area contributed by atoms with Crippen LogP contribution < -0.4 is 9.46 Å². The number of alkyl halides is 6. The Labute approximate surface area is 297 Å². The minimum atomic E-state index is -5.08. The first-order chi connectivity index (χ1) is 23.9. The van der Waals surface area contributed by atoms with E-state index in [1.54, 1.807) is 44.2 Å². The molecule has 0 saturated carbocycles. The van der Waals surface area contributed by atoms with Gasteiger partial charge in [0.25, 0.3) is 0 Å². The molecule has 0 amide bonds. The second-order valence-electron chi connectivity index (χ2n) is 11.6. The first kappa shape index (κ1) is 41.2. The molecule has 0 aromatic heterocycles. The number of halogens is 7. The SMILES string of the molecule is CC(C)S(=O)(=O)Nc1cccc(OCCCN(Cc2cccc(C(F)(F)F)c2Cl)CC(c2ccccc2)c2ccccc2)c1.O=C(O)C(F)(F)F. The van der Waals surface area contributed by atoms with Gasteiger partial charge in [0.05, 0.1) is 28.1 Å². The lowest BCUT2D eigenvalue weighted by Crippen LogP contribution is -2.31. The number of nitrogens with zero attached hydrogens (tertiary/aromatic N) is 1. The Morgan fingerprint density at radius 2 is 1.41 bits per heavy atom. The van der Waals surface area contributed by atoms with Gasteiger partial charge in [0, 0.05) is 31.6 Å². The zero-order valence-corrected chi connectivity index (χ0v) is 29.2. The summed E-state index contributed by atoms with van der Waals surface area (Å²) in [4.78, 5) is 11.0. The first-order valence-electron chi connectivity index (χ1n) is 15.6. The molecular formula is C36H37ClF6N2O5S. The molecule has 4 rings (SSSR count). The molecule has 0 aliphatic carbocycles. The van der Waals surface area contributed by atoms with E-state index >= 15 is 0 Å². The number of nitrogens with one attached hydrogen (secondary N) is 1. The summed E-state index contributed by atoms with van der Waals surface area (Å²) in [5.74, 6) is -2.28. The van der Waals surface area contributed by atoms with Crippen molar-refractivity contribution in [3.63, 3.8) is 0 Å². The van der Waals surface area contributed by atoms with E-state index in [1.165, 1.54) is 6.07 Å². The average molecular weight is 759 g/mol. The number of carbonyl (C=O) groups is 1. The molecule has 0 heterocycles. The van der Waals surface area contributed by atoms with Gasteiger partial charge in [-0.3, -0.25) is 9.62 Å². The number of carboxylic acids is 1. The van der Waals surface area contributed by atoms with Gasteiger partial charge in [-0.15, -0.1) is 0 Å². The molecule has 2 N–H and O–H groups in total. The van der Waals surface area contributed by atoms with Gasteiger partial charge in [-0.05, 0) is 55.2 Å². The molecule has 4 aromatic rings. The van der Waals surface area contributed by atoms with Crippen LogP contribution in [0.15, 0.2) is 103 Å². The van der Waals surface area contributed by atoms with Crippen LogP contribution in [0.4, 0.5) is 32.0 Å². The molecule has 7 nitrogen and oxygen atoms in total. The number of anilines is 1. The molecule has 51 heavy (non-hydrogen) atoms. The van der Waals surface area contributed by atoms with Crippen molar-refractivity contribution < 1.29 is 49.4 Å². The smallest absolute Gasteiger partial charge is 0.490 e. The standard InChI is InChI=1S/C34H36ClF3N2O3S.C2HF3O2/c1-25(2)44(41,42)39-29-17-10-18-30(22-29)43-21-11-20-40(23-28-16-9-19-32(33(28)35)34(36,37)38)24-31(26-12-5-3-6-13-26)27-14-7-4-8-15-27;3-2(4,5)1(6)7/h3-10,12-19,22,25,31,39H,11,20-21,23-24H2,1-2H3;(H,6,7). The van der Waals surface area contributed by atoms with Crippen molar-refractivity contribution in [3.8, 4) is 5.75 Å². The molecular weight excluding hydrogens is 722 g/mol. The molecule has 276 valence electrons. The van der Waals surface area contributed by atoms with Gasteiger partial charge in [0.15, 0.2) is 0 Å². The molecule has 0 spiro atoms. The Hall–Kier alpha value is -4.27. The van der Waals surface area contributed by atoms with E-state index in [1.807, 2.05) is 36.4 Å². The summed E-state index contributed by atoms with van der Waals surface area (Å²) in [5.41, 5.74) is 2.14. The molecule has 0 radical (unpaired) electrons. The quantitative estimate of drug-likeness (QED) is 0.0984. The molecule has 0 aliphatic rings. The van der Waals surface area contributed by atoms with Gasteiger partial charge in [0.1, 0.15) is 5.75 Å². The zero-order valence-electron chi connectivity index (χ0n) is 27.6. The van der Waals surface area contributed by atoms with E-state index in [0.29, 0.717) is 43.1 Å². The summed E-state index contributed by atoms with van der Waals surface area (Å²) >= 11 is 6.31. The summed E-state index contributed by atoms with van der Waals surface area (Å²) in [6.45, 7) is 4.78. The maximum Gasteiger partial charge on any atom is 0.490 e. The van der Waals surface area contributed by atoms with Crippen molar-refractivity contribution in [2.45, 2.75) is 50.3 Å². The maximum absolute atomic E-state index is 13.6. The average Bonchev–Trinajstić information content (AvgIpc) is 3.06. The Morgan fingerprint density at radius 1 is 0.863 bits per heavy atom. The van der Waals surface area contributed by atoms with E-state index in [-0.39, 0.29) is 17.5 Å². The maximum atomic E-state index is 13.6. The van der Waals surface area contributed by atoms with Crippen molar-refractivity contribution >= 4 is 33.3 Å². The van der Waals surface area contributed by atoms with E-state index in [2.05, 4.69) is 33.9 Å². The largest absolute Gasteiger partial charge is 0.493 e. The highest BCUT2D eigenvalue weighted by atomic mass is 35.5. The van der Waals surface area contributed by atoms with Crippen LogP contribution in [-0.2, 0) is 27.5 Å². The predicted octanol–water partition coefficient (Wildman–Crippen LogP) is 9.25. The third kappa shape index (κ3) is 13.1. The highest BCUT2D eigenvalue weighted by molar-refractivity contribution is 7.93. The molecule has 0 atom stereocenters. The fraction of sp³-hybridized carbons (Fsp3) is 0.306. The minimum absolute atomic E-state index is 0.0337. The summed E-state index contributed by atoms with van der Waals surface area (Å²) in [6.07, 6.45) is -9.07. The Bertz CT molecular complexity index is 1770. The van der Waals surface area contributed by atoms with Gasteiger partial charge >= 0.3 is 18.3 Å². The van der Waals surface area contributed by atoms with Gasteiger partial charge in [0.2, 0.25) is 10.0 Å². The summed E-state index contributed by atoms with van der Waals surface area (Å²) in [5, 5.41) is 6.25. The lowest BCUT2D eigenvalue weighted by atomic mass is 9.90. The van der Waals surface area contributed by atoms with Crippen LogP contribution in [0.25, 0.3) is 0 Å². The number of hydrogen-bond donors (Lipinski definition) is 2. The topological polar surface area (TPSA) is 95.9 Å². The van der Waals surface area contributed by atoms with Gasteiger partial charge in [-0.25, -0.2) is 13.2 Å². The molecule has 0 bridgehead atoms. The van der Waals surface area contributed by atoms with Crippen LogP contribution in [0.2, 0.25) is 5.02 Å². The Balaban J connectivity index is 0.000000908. The normalized spacial score (nSPS) is 12.1. The van der Waals surface area contributed by atoms with Gasteiger partial charge in [-0.2, -0.15) is 26.3 Å². The summed E-state index contributed by atoms with van der Waals surface area (Å²) < 4.78 is 106. The predicted molar refractivity (Wildman–Crippen MR) is 184 cm³/mol. The second-order valence-corrected chi connectivity index (χ2v) is 14.2. The zero-order chi connectivity index (χ0) is 37.8. The molecule has 0 aliphatic heterocycles. The number of rotatable bonds is 14. The van der Waals surface area contributed by atoms with Crippen molar-refractivity contribution in [1.82, 2.24) is 4.90 Å². The Morgan fingerprint density at radius 3 is 1.92 bits per heavy atom. The lowest BCUT2D eigenvalue weighted by molar-refractivity contribution is -0.192. The third-order valence-corrected chi connectivity index (χ3v) is 9.68. The highest BCUT2D eigenvalue weighted by Crippen LogP contribution is 2.37. The van der Waals surface area contributed by atoms with Crippen molar-refractivity contribution in [2.75, 3.05) is 24.4 Å². The van der Waals surface area contributed by atoms with Crippen LogP contribution >= 0.6 is 11.6 Å². The summed E-state index contributed by atoms with van der Waals surface area (Å²) in [6, 6.07) is 30.8. The number of benzene rings is 4. The van der Waals surface area contributed by atoms with Crippen molar-refractivity contribution in [2.24, 2.45) is 0 Å². The first-order valence-corrected chi connectivity index (χ1v) is 17.5. The van der Waals surface area contributed by atoms with Crippen LogP contribution in [0.5, 0.6) is 5.75 Å². The molecule has 15 heteroatoms. The third-order valence-electron chi connectivity index (χ3n) is 7.47. The van der Waals surface area contributed by atoms with E-state index in [9.17, 15) is 34.8 Å². The fourth-order valence-electron chi connectivity index (χ4n) is 4.84. The van der Waals surface area contributed by atoms with Gasteiger partial charge < -0.3 is 9.84 Å². The van der Waals surface area contributed by atoms with Crippen LogP contribution in [0.1, 0.15) is 48.4 Å². The highest BCUT2D eigenvalue weighted by Gasteiger charge is 2.38. The van der Waals surface area contributed by atoms with E-state index < -0.39 is 39.2 Å². The van der Waals surface area contributed by atoms with Crippen LogP contribution in [0.3, 0.4) is 0 Å². The van der Waals surface area contributed by atoms with Crippen molar-refractivity contribution in [3.05, 3.63) is 130 Å². The lowest BCUT2D eigenvalue weighted by Gasteiger charge is -2.29. The van der Waals surface area contributed by atoms with E-state index in [4.69, 9.17) is 26.2 Å². The number of aliphatic carboxylic acids is 1. The molecule has 4 aromatic carbocycles. The second kappa shape index (κ2) is 18.3. The molecule has 0 saturated heterocycles. The number of carboxylic acid groups (broad SMARTS) is 1. The number of ether oxygens (including phenoxy) is 1. The van der Waals surface area contributed by atoms with Crippen molar-refractivity contribution in [1.29, 1.82) is 0 Å². The van der Waals surface area contributed by atoms with Gasteiger partial charge in [-0.1, -0.05) is 90.5 Å². The van der Waals surface area contributed by atoms with Crippen LogP contribution in [-0.4, -0.2) is 55.5 Å². The summed E-state index contributed by atoms with van der Waals surface area (Å²) in [7, 11) is -3.50. The molecule has 0 fully saturated rings. The van der Waals surface area contributed by atoms with Crippen LogP contribution in [0, 0.1) is 0 Å². The molecule has 0 unspecified atom stereocenters. The minimum Gasteiger partial charge on any atom is -0.493 e. The monoisotopic (exact) mass is 758 g/mol. The fourth-order valence-corrected chi connectivity index (χ4v) is 5.82. The Kier molecular flexibility index (Phi) is 14.8. The van der Waals surface area contributed by atoms with E-state index in [0.717, 1.165) is 17.2 Å². The number of hydrogen-bond acceptors (Lipinski definition) is 5.